The first-order valence-electron chi connectivity index (χ1n) is 14.5. The first-order chi connectivity index (χ1) is 19.6. The number of halogens is 2. The summed E-state index contributed by atoms with van der Waals surface area (Å²) in [5.41, 5.74) is 3.60. The molecule has 0 radical (unpaired) electrons. The van der Waals surface area contributed by atoms with Crippen molar-refractivity contribution in [2.45, 2.75) is 70.1 Å². The van der Waals surface area contributed by atoms with Crippen molar-refractivity contribution in [3.05, 3.63) is 40.7 Å². The second kappa shape index (κ2) is 10.9. The van der Waals surface area contributed by atoms with E-state index in [1.807, 2.05) is 17.2 Å². The smallest absolute Gasteiger partial charge is 0.245 e. The molecule has 3 aliphatic heterocycles. The second-order valence-corrected chi connectivity index (χ2v) is 13.1. The van der Waals surface area contributed by atoms with Gasteiger partial charge in [0.25, 0.3) is 0 Å². The number of benzene rings is 1. The van der Waals surface area contributed by atoms with Crippen LogP contribution < -0.4 is 4.90 Å². The molecule has 1 amide bonds. The molecule has 220 valence electrons. The van der Waals surface area contributed by atoms with Gasteiger partial charge < -0.3 is 14.5 Å². The minimum Gasteiger partial charge on any atom is -0.378 e. The van der Waals surface area contributed by atoms with E-state index in [0.717, 1.165) is 79.0 Å². The number of aromatic amines is 1. The van der Waals surface area contributed by atoms with Gasteiger partial charge in [0, 0.05) is 53.4 Å². The number of nitrogens with zero attached hydrogens (tertiary/aromatic N) is 6. The number of anilines is 1. The van der Waals surface area contributed by atoms with Crippen LogP contribution in [-0.2, 0) is 9.53 Å². The Kier molecular flexibility index (Phi) is 7.59. The molecule has 2 aromatic heterocycles. The van der Waals surface area contributed by atoms with E-state index in [0.29, 0.717) is 35.2 Å². The summed E-state index contributed by atoms with van der Waals surface area (Å²) in [7, 11) is 2.23. The zero-order valence-corrected chi connectivity index (χ0v) is 25.8. The van der Waals surface area contributed by atoms with Crippen molar-refractivity contribution in [2.75, 3.05) is 44.8 Å². The van der Waals surface area contributed by atoms with Crippen LogP contribution in [0.4, 0.5) is 5.82 Å². The van der Waals surface area contributed by atoms with Gasteiger partial charge in [0.2, 0.25) is 5.91 Å². The van der Waals surface area contributed by atoms with E-state index in [9.17, 15) is 4.79 Å². The molecule has 41 heavy (non-hydrogen) atoms. The average Bonchev–Trinajstić information content (AvgIpc) is 3.51. The van der Waals surface area contributed by atoms with E-state index >= 15 is 0 Å². The van der Waals surface area contributed by atoms with Gasteiger partial charge in [-0.1, -0.05) is 29.8 Å². The van der Waals surface area contributed by atoms with Crippen molar-refractivity contribution in [1.29, 1.82) is 0 Å². The topological polar surface area (TPSA) is 82.5 Å². The summed E-state index contributed by atoms with van der Waals surface area (Å²) in [5, 5.41) is 14.7. The van der Waals surface area contributed by atoms with E-state index in [1.165, 1.54) is 6.08 Å². The summed E-state index contributed by atoms with van der Waals surface area (Å²) in [6, 6.07) is 2.97. The summed E-state index contributed by atoms with van der Waals surface area (Å²) >= 11 is 13.7. The number of amides is 1. The zero-order valence-electron chi connectivity index (χ0n) is 24.3. The molecule has 1 N–H and O–H groups in total. The van der Waals surface area contributed by atoms with Crippen molar-refractivity contribution in [2.24, 2.45) is 0 Å². The lowest BCUT2D eigenvalue weighted by atomic mass is 9.85. The monoisotopic (exact) mass is 599 g/mol. The molecule has 0 saturated carbocycles. The van der Waals surface area contributed by atoms with Gasteiger partial charge in [0.15, 0.2) is 5.82 Å². The summed E-state index contributed by atoms with van der Waals surface area (Å²) in [6.07, 6.45) is 6.91. The molecular weight excluding hydrogens is 561 g/mol. The predicted octanol–water partition coefficient (Wildman–Crippen LogP) is 5.47. The van der Waals surface area contributed by atoms with Crippen LogP contribution in [0.2, 0.25) is 10.0 Å². The Labute approximate surface area is 251 Å². The van der Waals surface area contributed by atoms with Gasteiger partial charge in [-0.3, -0.25) is 19.5 Å². The third-order valence-corrected chi connectivity index (χ3v) is 10.3. The maximum atomic E-state index is 12.2. The van der Waals surface area contributed by atoms with E-state index in [4.69, 9.17) is 33.0 Å². The van der Waals surface area contributed by atoms with Crippen molar-refractivity contribution >= 4 is 45.8 Å². The van der Waals surface area contributed by atoms with Crippen molar-refractivity contribution in [1.82, 2.24) is 29.8 Å². The lowest BCUT2D eigenvalue weighted by molar-refractivity contribution is -0.127. The number of likely N-dealkylation sites (N-methyl/N-ethyl adjacent to an activating group) is 1. The van der Waals surface area contributed by atoms with Crippen LogP contribution in [0.25, 0.3) is 22.0 Å². The van der Waals surface area contributed by atoms with Crippen LogP contribution in [0.15, 0.2) is 24.9 Å². The Morgan fingerprint density at radius 1 is 1.17 bits per heavy atom. The standard InChI is InChI=1S/C30H39Cl2N7O2/c1-6-25(40)37-10-7-19(8-11-37)39-18(2)26(27-22-15-33-34-24(22)13-23(31)28(27)32)29(35-39)38-12-9-20(14-30(38,3)4)36(5)21-16-41-17-21/h6,13,15,19-21H,1,7-12,14,16-17H2,2-5H3,(H,33,34). The number of aromatic nitrogens is 4. The van der Waals surface area contributed by atoms with E-state index < -0.39 is 0 Å². The molecule has 1 unspecified atom stereocenters. The fraction of sp³-hybridized carbons (Fsp3) is 0.567. The van der Waals surface area contributed by atoms with Crippen molar-refractivity contribution in [3.63, 3.8) is 0 Å². The van der Waals surface area contributed by atoms with Crippen molar-refractivity contribution < 1.29 is 9.53 Å². The van der Waals surface area contributed by atoms with Crippen LogP contribution in [0.1, 0.15) is 51.3 Å². The number of likely N-dealkylation sites (tertiary alicyclic amines) is 1. The Balaban J connectivity index is 1.42. The van der Waals surface area contributed by atoms with Gasteiger partial charge in [0.1, 0.15) is 0 Å². The Hall–Kier alpha value is -2.59. The summed E-state index contributed by atoms with van der Waals surface area (Å²) in [4.78, 5) is 19.1. The molecule has 1 aromatic carbocycles. The van der Waals surface area contributed by atoms with E-state index in [-0.39, 0.29) is 17.5 Å². The maximum Gasteiger partial charge on any atom is 0.245 e. The number of H-pyrrole nitrogens is 1. The SMILES string of the molecule is C=CC(=O)N1CCC(n2nc(N3CCC(N(C)C4COC4)CC3(C)C)c(-c3c(Cl)c(Cl)cc4[nH]ncc34)c2C)CC1. The number of carbonyl (C=O) groups is 1. The summed E-state index contributed by atoms with van der Waals surface area (Å²) < 4.78 is 7.65. The number of fused-ring (bicyclic) bond motifs is 1. The van der Waals surface area contributed by atoms with E-state index in [1.54, 1.807) is 0 Å². The van der Waals surface area contributed by atoms with Gasteiger partial charge in [-0.15, -0.1) is 0 Å². The number of piperidine rings is 2. The van der Waals surface area contributed by atoms with Crippen LogP contribution in [-0.4, -0.2) is 93.2 Å². The highest BCUT2D eigenvalue weighted by atomic mass is 35.5. The average molecular weight is 601 g/mol. The Bertz CT molecular complexity index is 1470. The van der Waals surface area contributed by atoms with E-state index in [2.05, 4.69) is 59.1 Å². The fourth-order valence-electron chi connectivity index (χ4n) is 6.94. The second-order valence-electron chi connectivity index (χ2n) is 12.3. The van der Waals surface area contributed by atoms with Crippen LogP contribution >= 0.6 is 23.2 Å². The predicted molar refractivity (Wildman–Crippen MR) is 164 cm³/mol. The molecule has 6 rings (SSSR count). The minimum absolute atomic E-state index is 0.0156. The van der Waals surface area contributed by atoms with Gasteiger partial charge in [-0.2, -0.15) is 10.2 Å². The third kappa shape index (κ3) is 4.94. The largest absolute Gasteiger partial charge is 0.378 e. The molecule has 3 fully saturated rings. The minimum atomic E-state index is -0.150. The third-order valence-electron chi connectivity index (χ3n) is 9.50. The van der Waals surface area contributed by atoms with Crippen LogP contribution in [0, 0.1) is 6.92 Å². The number of carbonyl (C=O) groups excluding carboxylic acids is 1. The first kappa shape index (κ1) is 28.5. The molecule has 3 aromatic rings. The summed E-state index contributed by atoms with van der Waals surface area (Å²) in [5.74, 6) is 0.912. The molecular formula is C30H39Cl2N7O2. The fourth-order valence-corrected chi connectivity index (χ4v) is 7.40. The normalized spacial score (nSPS) is 22.0. The van der Waals surface area contributed by atoms with Gasteiger partial charge in [0.05, 0.1) is 47.1 Å². The molecule has 0 bridgehead atoms. The maximum absolute atomic E-state index is 12.2. The molecule has 5 heterocycles. The first-order valence-corrected chi connectivity index (χ1v) is 15.3. The molecule has 0 spiro atoms. The van der Waals surface area contributed by atoms with Crippen molar-refractivity contribution in [3.8, 4) is 11.1 Å². The lowest BCUT2D eigenvalue weighted by Crippen LogP contribution is -2.59. The zero-order chi connectivity index (χ0) is 29.1. The molecule has 0 aliphatic carbocycles. The number of ether oxygens (including phenoxy) is 1. The van der Waals surface area contributed by atoms with Crippen LogP contribution in [0.3, 0.4) is 0 Å². The molecule has 3 aliphatic rings. The molecule has 3 saturated heterocycles. The highest BCUT2D eigenvalue weighted by molar-refractivity contribution is 6.45. The molecule has 11 heteroatoms. The number of hydrogen-bond acceptors (Lipinski definition) is 6. The quantitative estimate of drug-likeness (QED) is 0.378. The Morgan fingerprint density at radius 2 is 1.90 bits per heavy atom. The molecule has 1 atom stereocenters. The number of nitrogens with one attached hydrogen (secondary N) is 1. The number of rotatable bonds is 6. The Morgan fingerprint density at radius 3 is 2.54 bits per heavy atom. The highest BCUT2D eigenvalue weighted by Gasteiger charge is 2.42. The van der Waals surface area contributed by atoms with Gasteiger partial charge >= 0.3 is 0 Å². The number of hydrogen-bond donors (Lipinski definition) is 1. The van der Waals surface area contributed by atoms with Gasteiger partial charge in [-0.05, 0) is 65.6 Å². The lowest BCUT2D eigenvalue weighted by Gasteiger charge is -2.50. The summed E-state index contributed by atoms with van der Waals surface area (Å²) in [6.45, 7) is 14.3. The van der Waals surface area contributed by atoms with Crippen LogP contribution in [0.5, 0.6) is 0 Å². The molecule has 9 nitrogen and oxygen atoms in total. The van der Waals surface area contributed by atoms with Gasteiger partial charge in [-0.25, -0.2) is 0 Å². The highest BCUT2D eigenvalue weighted by Crippen LogP contribution is 2.48.